The van der Waals surface area contributed by atoms with Crippen LogP contribution >= 0.6 is 12.2 Å². The van der Waals surface area contributed by atoms with E-state index in [1.807, 2.05) is 0 Å². The summed E-state index contributed by atoms with van der Waals surface area (Å²) < 4.78 is 11.1. The van der Waals surface area contributed by atoms with Gasteiger partial charge in [0.05, 0.1) is 14.2 Å². The van der Waals surface area contributed by atoms with Crippen LogP contribution in [-0.2, 0) is 5.41 Å². The molecule has 3 rings (SSSR count). The lowest BCUT2D eigenvalue weighted by molar-refractivity contribution is 0.129. The lowest BCUT2D eigenvalue weighted by Gasteiger charge is -2.46. The summed E-state index contributed by atoms with van der Waals surface area (Å²) in [5.41, 5.74) is 1.56. The maximum atomic E-state index is 5.65. The number of rotatable bonds is 9. The third kappa shape index (κ3) is 5.46. The van der Waals surface area contributed by atoms with Crippen LogP contribution in [0.15, 0.2) is 18.2 Å². The molecule has 1 saturated carbocycles. The fourth-order valence-electron chi connectivity index (χ4n) is 5.56. The minimum atomic E-state index is 0.171. The predicted molar refractivity (Wildman–Crippen MR) is 132 cm³/mol. The highest BCUT2D eigenvalue weighted by Crippen LogP contribution is 2.50. The summed E-state index contributed by atoms with van der Waals surface area (Å²) in [6.45, 7) is 10.1. The number of nitrogens with one attached hydrogen (secondary N) is 2. The van der Waals surface area contributed by atoms with Crippen LogP contribution in [0, 0.1) is 5.92 Å². The van der Waals surface area contributed by atoms with Gasteiger partial charge < -0.3 is 20.1 Å². The first-order valence-electron chi connectivity index (χ1n) is 11.9. The van der Waals surface area contributed by atoms with E-state index < -0.39 is 0 Å². The van der Waals surface area contributed by atoms with Crippen molar-refractivity contribution in [2.75, 3.05) is 33.9 Å². The lowest BCUT2D eigenvalue weighted by atomic mass is 9.65. The summed E-state index contributed by atoms with van der Waals surface area (Å²) in [6, 6.07) is 7.49. The molecule has 0 unspecified atom stereocenters. The molecular formula is C25H41N3O2S. The van der Waals surface area contributed by atoms with Gasteiger partial charge in [0.1, 0.15) is 0 Å². The van der Waals surface area contributed by atoms with Gasteiger partial charge >= 0.3 is 0 Å². The van der Waals surface area contributed by atoms with Gasteiger partial charge in [-0.3, -0.25) is 4.90 Å². The number of benzene rings is 1. The standard InChI is InChI=1S/C25H41N3O2S/c1-6-7-13-26-24(31)27-20-10-11-25(12-14-28(17-18(2)3)23(25)16-20)19-8-9-21(29-4)22(15-19)30-5/h8-9,15,18,20,23H,6-7,10-14,16-17H2,1-5H3,(H2,26,27,31)/t20-,23+,25+/m1/s1. The van der Waals surface area contributed by atoms with Crippen LogP contribution in [0.1, 0.15) is 64.9 Å². The quantitative estimate of drug-likeness (QED) is 0.430. The fraction of sp³-hybridized carbons (Fsp3) is 0.720. The van der Waals surface area contributed by atoms with Gasteiger partial charge in [0.2, 0.25) is 0 Å². The molecule has 2 fully saturated rings. The monoisotopic (exact) mass is 447 g/mol. The first-order valence-corrected chi connectivity index (χ1v) is 12.3. The zero-order valence-corrected chi connectivity index (χ0v) is 20.8. The Hall–Kier alpha value is -1.53. The van der Waals surface area contributed by atoms with Crippen molar-refractivity contribution in [3.05, 3.63) is 23.8 Å². The van der Waals surface area contributed by atoms with Crippen LogP contribution in [-0.4, -0.2) is 55.9 Å². The molecule has 0 spiro atoms. The van der Waals surface area contributed by atoms with Crippen molar-refractivity contribution in [1.82, 2.24) is 15.5 Å². The Labute approximate surface area is 194 Å². The number of fused-ring (bicyclic) bond motifs is 1. The zero-order chi connectivity index (χ0) is 22.4. The van der Waals surface area contributed by atoms with E-state index in [4.69, 9.17) is 21.7 Å². The van der Waals surface area contributed by atoms with Crippen molar-refractivity contribution in [2.24, 2.45) is 5.92 Å². The molecule has 31 heavy (non-hydrogen) atoms. The number of hydrogen-bond acceptors (Lipinski definition) is 4. The molecule has 1 aromatic carbocycles. The summed E-state index contributed by atoms with van der Waals surface area (Å²) >= 11 is 5.58. The van der Waals surface area contributed by atoms with Crippen LogP contribution in [0.4, 0.5) is 0 Å². The first-order chi connectivity index (χ1) is 14.9. The maximum absolute atomic E-state index is 5.65. The molecule has 0 radical (unpaired) electrons. The largest absolute Gasteiger partial charge is 0.493 e. The third-order valence-corrected chi connectivity index (χ3v) is 7.34. The van der Waals surface area contributed by atoms with Gasteiger partial charge in [0, 0.05) is 30.6 Å². The van der Waals surface area contributed by atoms with Crippen LogP contribution in [0.2, 0.25) is 0 Å². The highest BCUT2D eigenvalue weighted by atomic mass is 32.1. The number of thiocarbonyl (C=S) groups is 1. The molecule has 2 aliphatic rings. The zero-order valence-electron chi connectivity index (χ0n) is 20.0. The second-order valence-electron chi connectivity index (χ2n) is 9.61. The van der Waals surface area contributed by atoms with Gasteiger partial charge in [0.25, 0.3) is 0 Å². The van der Waals surface area contributed by atoms with E-state index in [1.54, 1.807) is 14.2 Å². The number of methoxy groups -OCH3 is 2. The van der Waals surface area contributed by atoms with Crippen LogP contribution < -0.4 is 20.1 Å². The van der Waals surface area contributed by atoms with Crippen molar-refractivity contribution in [1.29, 1.82) is 0 Å². The Morgan fingerprint density at radius 2 is 2.00 bits per heavy atom. The fourth-order valence-corrected chi connectivity index (χ4v) is 5.83. The van der Waals surface area contributed by atoms with E-state index in [2.05, 4.69) is 54.5 Å². The second-order valence-corrected chi connectivity index (χ2v) is 10.0. The second kappa shape index (κ2) is 10.9. The summed E-state index contributed by atoms with van der Waals surface area (Å²) in [4.78, 5) is 2.72. The average molecular weight is 448 g/mol. The summed E-state index contributed by atoms with van der Waals surface area (Å²) in [5, 5.41) is 7.81. The number of nitrogens with zero attached hydrogens (tertiary/aromatic N) is 1. The van der Waals surface area contributed by atoms with Crippen molar-refractivity contribution in [3.63, 3.8) is 0 Å². The van der Waals surface area contributed by atoms with Gasteiger partial charge in [0.15, 0.2) is 16.6 Å². The van der Waals surface area contributed by atoms with Crippen molar-refractivity contribution in [3.8, 4) is 11.5 Å². The van der Waals surface area contributed by atoms with Crippen LogP contribution in [0.25, 0.3) is 0 Å². The molecule has 0 aromatic heterocycles. The van der Waals surface area contributed by atoms with Crippen molar-refractivity contribution >= 4 is 17.3 Å². The molecule has 0 amide bonds. The Balaban J connectivity index is 1.81. The molecule has 5 nitrogen and oxygen atoms in total. The first kappa shape index (κ1) is 24.1. The minimum Gasteiger partial charge on any atom is -0.493 e. The molecule has 3 atom stereocenters. The lowest BCUT2D eigenvalue weighted by Crippen LogP contribution is -2.54. The van der Waals surface area contributed by atoms with E-state index in [0.29, 0.717) is 18.0 Å². The van der Waals surface area contributed by atoms with E-state index in [0.717, 1.165) is 61.9 Å². The highest BCUT2D eigenvalue weighted by molar-refractivity contribution is 7.80. The smallest absolute Gasteiger partial charge is 0.166 e. The van der Waals surface area contributed by atoms with E-state index in [1.165, 1.54) is 18.4 Å². The van der Waals surface area contributed by atoms with Gasteiger partial charge in [-0.15, -0.1) is 0 Å². The number of ether oxygens (including phenoxy) is 2. The molecule has 1 aliphatic heterocycles. The Morgan fingerprint density at radius 3 is 2.68 bits per heavy atom. The third-order valence-electron chi connectivity index (χ3n) is 7.08. The summed E-state index contributed by atoms with van der Waals surface area (Å²) in [7, 11) is 3.43. The Bertz CT molecular complexity index is 741. The van der Waals surface area contributed by atoms with Crippen LogP contribution in [0.5, 0.6) is 11.5 Å². The molecule has 1 heterocycles. The average Bonchev–Trinajstić information content (AvgIpc) is 3.11. The molecule has 2 N–H and O–H groups in total. The Kier molecular flexibility index (Phi) is 8.45. The molecular weight excluding hydrogens is 406 g/mol. The normalized spacial score (nSPS) is 25.9. The molecule has 1 aromatic rings. The molecule has 0 bridgehead atoms. The molecule has 1 aliphatic carbocycles. The predicted octanol–water partition coefficient (Wildman–Crippen LogP) is 4.49. The van der Waals surface area contributed by atoms with E-state index >= 15 is 0 Å². The van der Waals surface area contributed by atoms with Gasteiger partial charge in [-0.05, 0) is 74.5 Å². The number of likely N-dealkylation sites (tertiary alicyclic amines) is 1. The molecule has 6 heteroatoms. The van der Waals surface area contributed by atoms with Crippen molar-refractivity contribution in [2.45, 2.75) is 76.8 Å². The number of unbranched alkanes of at least 4 members (excludes halogenated alkanes) is 1. The van der Waals surface area contributed by atoms with Crippen molar-refractivity contribution < 1.29 is 9.47 Å². The van der Waals surface area contributed by atoms with E-state index in [-0.39, 0.29) is 5.41 Å². The topological polar surface area (TPSA) is 45.8 Å². The van der Waals surface area contributed by atoms with Crippen LogP contribution in [0.3, 0.4) is 0 Å². The Morgan fingerprint density at radius 1 is 1.23 bits per heavy atom. The van der Waals surface area contributed by atoms with Gasteiger partial charge in [-0.1, -0.05) is 33.3 Å². The highest BCUT2D eigenvalue weighted by Gasteiger charge is 2.51. The van der Waals surface area contributed by atoms with Gasteiger partial charge in [-0.25, -0.2) is 0 Å². The maximum Gasteiger partial charge on any atom is 0.166 e. The molecule has 1 saturated heterocycles. The SMILES string of the molecule is CCCCNC(=S)N[C@@H]1CC[C@@]2(c3ccc(OC)c(OC)c3)CCN(CC(C)C)[C@H]2C1. The van der Waals surface area contributed by atoms with E-state index in [9.17, 15) is 0 Å². The minimum absolute atomic E-state index is 0.171. The number of hydrogen-bond donors (Lipinski definition) is 2. The van der Waals surface area contributed by atoms with Gasteiger partial charge in [-0.2, -0.15) is 0 Å². The molecule has 174 valence electrons. The summed E-state index contributed by atoms with van der Waals surface area (Å²) in [6.07, 6.45) is 6.95. The summed E-state index contributed by atoms with van der Waals surface area (Å²) in [5.74, 6) is 2.29.